The molecule has 2 N–H and O–H groups in total. The Bertz CT molecular complexity index is 1950. The maximum atomic E-state index is 13.7. The molecule has 0 aliphatic heterocycles. The molecule has 0 bridgehead atoms. The van der Waals surface area contributed by atoms with Gasteiger partial charge in [-0.15, -0.1) is 11.8 Å². The Labute approximate surface area is 272 Å². The molecule has 2 amide bonds. The fraction of sp³-hybridized carbons (Fsp3) is 0.128. The molecule has 0 saturated carbocycles. The third-order valence-corrected chi connectivity index (χ3v) is 9.51. The Kier molecular flexibility index (Phi) is 8.43. The van der Waals surface area contributed by atoms with Gasteiger partial charge in [0.25, 0.3) is 11.8 Å². The van der Waals surface area contributed by atoms with Crippen molar-refractivity contribution in [3.05, 3.63) is 137 Å². The predicted molar refractivity (Wildman–Crippen MR) is 189 cm³/mol. The van der Waals surface area contributed by atoms with E-state index in [4.69, 9.17) is 0 Å². The summed E-state index contributed by atoms with van der Waals surface area (Å²) in [5.74, 6) is -0.662. The van der Waals surface area contributed by atoms with E-state index in [0.717, 1.165) is 32.7 Å². The third kappa shape index (κ3) is 5.77. The second kappa shape index (κ2) is 12.6. The first-order valence-corrected chi connectivity index (χ1v) is 15.9. The summed E-state index contributed by atoms with van der Waals surface area (Å²) in [6.45, 7) is 3.97. The number of hydrogen-bond donors (Lipinski definition) is 2. The van der Waals surface area contributed by atoms with Crippen LogP contribution < -0.4 is 9.80 Å². The number of anilines is 2. The highest BCUT2D eigenvalue weighted by molar-refractivity contribution is 7.98. The van der Waals surface area contributed by atoms with Crippen LogP contribution in [0, 0.1) is 13.8 Å². The lowest BCUT2D eigenvalue weighted by Gasteiger charge is -2.21. The summed E-state index contributed by atoms with van der Waals surface area (Å²) in [6.07, 6.45) is 0. The van der Waals surface area contributed by atoms with E-state index in [9.17, 15) is 19.8 Å². The van der Waals surface area contributed by atoms with Crippen LogP contribution in [0.2, 0.25) is 0 Å². The molecule has 0 unspecified atom stereocenters. The summed E-state index contributed by atoms with van der Waals surface area (Å²) in [7, 11) is 3.38. The number of hydrogen-bond acceptors (Lipinski definition) is 5. The van der Waals surface area contributed by atoms with Gasteiger partial charge in [0.1, 0.15) is 11.5 Å². The number of fused-ring (bicyclic) bond motifs is 2. The van der Waals surface area contributed by atoms with Crippen LogP contribution in [0.3, 0.4) is 0 Å². The van der Waals surface area contributed by atoms with Crippen molar-refractivity contribution < 1.29 is 19.8 Å². The lowest BCUT2D eigenvalue weighted by Crippen LogP contribution is -2.26. The van der Waals surface area contributed by atoms with Gasteiger partial charge in [0.2, 0.25) is 0 Å². The average Bonchev–Trinajstić information content (AvgIpc) is 3.07. The predicted octanol–water partition coefficient (Wildman–Crippen LogP) is 8.87. The topological polar surface area (TPSA) is 81.1 Å². The molecule has 0 heterocycles. The second-order valence-corrected chi connectivity index (χ2v) is 12.5. The van der Waals surface area contributed by atoms with Gasteiger partial charge in [0, 0.05) is 36.8 Å². The molecule has 6 rings (SSSR count). The number of phenols is 2. The van der Waals surface area contributed by atoms with Crippen LogP contribution in [0.15, 0.2) is 114 Å². The van der Waals surface area contributed by atoms with Gasteiger partial charge < -0.3 is 20.0 Å². The van der Waals surface area contributed by atoms with Crippen LogP contribution in [0.4, 0.5) is 11.4 Å². The molecule has 7 heteroatoms. The summed E-state index contributed by atoms with van der Waals surface area (Å²) in [5.41, 5.74) is 4.54. The van der Waals surface area contributed by atoms with Crippen LogP contribution >= 0.6 is 11.8 Å². The zero-order valence-electron chi connectivity index (χ0n) is 26.1. The zero-order chi connectivity index (χ0) is 32.5. The Balaban J connectivity index is 1.40. The van der Waals surface area contributed by atoms with Crippen molar-refractivity contribution in [2.24, 2.45) is 0 Å². The van der Waals surface area contributed by atoms with E-state index in [1.165, 1.54) is 21.6 Å². The van der Waals surface area contributed by atoms with Crippen LogP contribution in [-0.2, 0) is 5.75 Å². The monoisotopic (exact) mass is 626 g/mol. The number of thioether (sulfide) groups is 1. The molecule has 0 spiro atoms. The summed E-state index contributed by atoms with van der Waals surface area (Å²) in [6, 6.07) is 33.9. The fourth-order valence-electron chi connectivity index (χ4n) is 5.61. The standard InChI is InChI=1S/C39H34N2O4S/c1-24-13-17-28(18-14-24)40(3)38(44)32-21-26-9-5-7-11-30(26)34(35(32)42)23-46-37-31-12-8-6-10-27(31)22-33(36(37)43)39(45)41(4)29-19-15-25(2)16-20-29/h5-22,42-43H,23H2,1-4H3. The van der Waals surface area contributed by atoms with Crippen molar-refractivity contribution in [2.45, 2.75) is 24.5 Å². The van der Waals surface area contributed by atoms with Crippen molar-refractivity contribution in [1.29, 1.82) is 0 Å². The van der Waals surface area contributed by atoms with Crippen LogP contribution in [0.5, 0.6) is 11.5 Å². The number of amides is 2. The number of carbonyl (C=O) groups excluding carboxylic acids is 2. The van der Waals surface area contributed by atoms with E-state index in [-0.39, 0.29) is 40.2 Å². The maximum absolute atomic E-state index is 13.7. The lowest BCUT2D eigenvalue weighted by atomic mass is 9.99. The molecular weight excluding hydrogens is 593 g/mol. The van der Waals surface area contributed by atoms with Gasteiger partial charge in [-0.25, -0.2) is 0 Å². The fourth-order valence-corrected chi connectivity index (χ4v) is 6.78. The first-order chi connectivity index (χ1) is 22.1. The van der Waals surface area contributed by atoms with E-state index in [1.54, 1.807) is 26.2 Å². The van der Waals surface area contributed by atoms with Crippen LogP contribution in [0.25, 0.3) is 21.5 Å². The molecule has 0 aliphatic rings. The van der Waals surface area contributed by atoms with Gasteiger partial charge in [-0.1, -0.05) is 83.9 Å². The van der Waals surface area contributed by atoms with Crippen molar-refractivity contribution in [3.8, 4) is 11.5 Å². The molecular formula is C39H34N2O4S. The van der Waals surface area contributed by atoms with E-state index in [2.05, 4.69) is 0 Å². The number of benzene rings is 6. The summed E-state index contributed by atoms with van der Waals surface area (Å²) >= 11 is 1.32. The van der Waals surface area contributed by atoms with E-state index >= 15 is 0 Å². The highest BCUT2D eigenvalue weighted by Crippen LogP contribution is 2.43. The highest BCUT2D eigenvalue weighted by atomic mass is 32.2. The molecule has 0 aromatic heterocycles. The largest absolute Gasteiger partial charge is 0.507 e. The second-order valence-electron chi connectivity index (χ2n) is 11.5. The Morgan fingerprint density at radius 1 is 0.609 bits per heavy atom. The van der Waals surface area contributed by atoms with Gasteiger partial charge >= 0.3 is 0 Å². The molecule has 0 aliphatic carbocycles. The van der Waals surface area contributed by atoms with Crippen LogP contribution in [0.1, 0.15) is 37.4 Å². The molecule has 0 saturated heterocycles. The number of rotatable bonds is 7. The molecule has 6 aromatic carbocycles. The van der Waals surface area contributed by atoms with Crippen molar-refractivity contribution in [2.75, 3.05) is 23.9 Å². The third-order valence-electron chi connectivity index (χ3n) is 8.38. The SMILES string of the molecule is Cc1ccc(N(C)C(=O)c2cc3ccccc3c(CSc3c(O)c(C(=O)N(C)c4ccc(C)cc4)cc4ccccc34)c2O)cc1. The zero-order valence-corrected chi connectivity index (χ0v) is 26.9. The van der Waals surface area contributed by atoms with Crippen molar-refractivity contribution >= 4 is 56.5 Å². The van der Waals surface area contributed by atoms with Gasteiger partial charge in [-0.3, -0.25) is 9.59 Å². The van der Waals surface area contributed by atoms with E-state index < -0.39 is 0 Å². The minimum Gasteiger partial charge on any atom is -0.507 e. The molecule has 0 fully saturated rings. The normalized spacial score (nSPS) is 11.1. The van der Waals surface area contributed by atoms with Gasteiger partial charge in [0.05, 0.1) is 16.0 Å². The van der Waals surface area contributed by atoms with Gasteiger partial charge in [-0.05, 0) is 71.8 Å². The summed E-state index contributed by atoms with van der Waals surface area (Å²) < 4.78 is 0. The molecule has 6 aromatic rings. The molecule has 6 nitrogen and oxygen atoms in total. The van der Waals surface area contributed by atoms with Crippen molar-refractivity contribution in [1.82, 2.24) is 0 Å². The first kappa shape index (κ1) is 30.7. The Hall–Kier alpha value is -5.27. The first-order valence-electron chi connectivity index (χ1n) is 14.9. The summed E-state index contributed by atoms with van der Waals surface area (Å²) in [5, 5.41) is 26.5. The number of carbonyl (C=O) groups is 2. The highest BCUT2D eigenvalue weighted by Gasteiger charge is 2.25. The quantitative estimate of drug-likeness (QED) is 0.173. The van der Waals surface area contributed by atoms with Gasteiger partial charge in [0.15, 0.2) is 0 Å². The van der Waals surface area contributed by atoms with Crippen LogP contribution in [-0.4, -0.2) is 36.1 Å². The number of aryl methyl sites for hydroxylation is 2. The van der Waals surface area contributed by atoms with Crippen molar-refractivity contribution in [3.63, 3.8) is 0 Å². The molecule has 0 atom stereocenters. The minimum absolute atomic E-state index is 0.106. The Morgan fingerprint density at radius 2 is 1.04 bits per heavy atom. The molecule has 0 radical (unpaired) electrons. The minimum atomic E-state index is -0.339. The molecule has 46 heavy (non-hydrogen) atoms. The lowest BCUT2D eigenvalue weighted by molar-refractivity contribution is 0.0982. The Morgan fingerprint density at radius 3 is 1.57 bits per heavy atom. The maximum Gasteiger partial charge on any atom is 0.261 e. The number of aromatic hydroxyl groups is 2. The smallest absolute Gasteiger partial charge is 0.261 e. The number of nitrogens with zero attached hydrogens (tertiary/aromatic N) is 2. The van der Waals surface area contributed by atoms with Gasteiger partial charge in [-0.2, -0.15) is 0 Å². The number of phenolic OH excluding ortho intramolecular Hbond substituents is 2. The van der Waals surface area contributed by atoms with E-state index in [1.807, 2.05) is 111 Å². The van der Waals surface area contributed by atoms with E-state index in [0.29, 0.717) is 21.8 Å². The molecule has 230 valence electrons. The average molecular weight is 627 g/mol. The summed E-state index contributed by atoms with van der Waals surface area (Å²) in [4.78, 5) is 31.1.